The molecule has 0 amide bonds. The number of anilines is 1. The second kappa shape index (κ2) is 6.27. The van der Waals surface area contributed by atoms with Gasteiger partial charge in [-0.15, -0.1) is 11.6 Å². The summed E-state index contributed by atoms with van der Waals surface area (Å²) in [6.07, 6.45) is 0. The Morgan fingerprint density at radius 1 is 1.47 bits per heavy atom. The van der Waals surface area contributed by atoms with Gasteiger partial charge in [-0.2, -0.15) is 0 Å². The molecule has 0 heterocycles. The molecule has 0 saturated carbocycles. The molecule has 0 aromatic heterocycles. The molecule has 1 aromatic rings. The number of rotatable bonds is 5. The van der Waals surface area contributed by atoms with Crippen LogP contribution in [-0.4, -0.2) is 20.1 Å². The lowest BCUT2D eigenvalue weighted by Gasteiger charge is -2.12. The van der Waals surface area contributed by atoms with Gasteiger partial charge in [0, 0.05) is 5.88 Å². The van der Waals surface area contributed by atoms with Crippen molar-refractivity contribution in [3.63, 3.8) is 0 Å². The molecule has 0 spiro atoms. The van der Waals surface area contributed by atoms with E-state index in [1.807, 2.05) is 0 Å². The predicted octanol–water partition coefficient (Wildman–Crippen LogP) is 3.72. The standard InChI is InChI=1S/C10H12BrCl2NO2S/c1-7(5-12)6-17(15,16)14-9-4-2-3-8(13)10(9)11/h2-4,7,14H,5-6H2,1H3. The molecule has 0 aliphatic heterocycles. The van der Waals surface area contributed by atoms with E-state index in [0.717, 1.165) is 0 Å². The first-order chi connectivity index (χ1) is 7.85. The highest BCUT2D eigenvalue weighted by molar-refractivity contribution is 9.10. The van der Waals surface area contributed by atoms with E-state index in [9.17, 15) is 8.42 Å². The number of benzene rings is 1. The second-order valence-corrected chi connectivity index (χ2v) is 7.02. The van der Waals surface area contributed by atoms with Crippen molar-refractivity contribution in [2.24, 2.45) is 5.92 Å². The zero-order valence-electron chi connectivity index (χ0n) is 9.08. The van der Waals surface area contributed by atoms with Crippen molar-refractivity contribution in [1.29, 1.82) is 0 Å². The third kappa shape index (κ3) is 4.66. The van der Waals surface area contributed by atoms with Crippen molar-refractivity contribution in [2.75, 3.05) is 16.4 Å². The third-order valence-corrected chi connectivity index (χ3v) is 5.45. The van der Waals surface area contributed by atoms with Crippen LogP contribution in [0.4, 0.5) is 5.69 Å². The first kappa shape index (κ1) is 15.1. The molecule has 1 aromatic carbocycles. The third-order valence-electron chi connectivity index (χ3n) is 1.98. The number of hydrogen-bond donors (Lipinski definition) is 1. The van der Waals surface area contributed by atoms with Crippen LogP contribution >= 0.6 is 39.1 Å². The van der Waals surface area contributed by atoms with E-state index in [1.54, 1.807) is 25.1 Å². The van der Waals surface area contributed by atoms with Crippen molar-refractivity contribution in [3.05, 3.63) is 27.7 Å². The van der Waals surface area contributed by atoms with Crippen LogP contribution in [0, 0.1) is 5.92 Å². The lowest BCUT2D eigenvalue weighted by molar-refractivity contribution is 0.588. The number of nitrogens with one attached hydrogen (secondary N) is 1. The molecule has 3 nitrogen and oxygen atoms in total. The van der Waals surface area contributed by atoms with E-state index >= 15 is 0 Å². The summed E-state index contributed by atoms with van der Waals surface area (Å²) in [5.74, 6) is 0.180. The van der Waals surface area contributed by atoms with Crippen LogP contribution in [0.15, 0.2) is 22.7 Å². The Morgan fingerprint density at radius 2 is 2.12 bits per heavy atom. The van der Waals surface area contributed by atoms with Crippen LogP contribution in [0.3, 0.4) is 0 Å². The average Bonchev–Trinajstić information content (AvgIpc) is 2.23. The normalized spacial score (nSPS) is 13.4. The minimum absolute atomic E-state index is 0.0184. The molecule has 1 rings (SSSR count). The van der Waals surface area contributed by atoms with E-state index in [2.05, 4.69) is 20.7 Å². The van der Waals surface area contributed by atoms with Gasteiger partial charge >= 0.3 is 0 Å². The first-order valence-electron chi connectivity index (χ1n) is 4.86. The molecule has 1 N–H and O–H groups in total. The SMILES string of the molecule is CC(CCl)CS(=O)(=O)Nc1cccc(Cl)c1Br. The fourth-order valence-electron chi connectivity index (χ4n) is 1.21. The topological polar surface area (TPSA) is 46.2 Å². The van der Waals surface area contributed by atoms with Crippen molar-refractivity contribution >= 4 is 54.8 Å². The summed E-state index contributed by atoms with van der Waals surface area (Å²) in [6.45, 7) is 1.78. The van der Waals surface area contributed by atoms with Gasteiger partial charge in [0.2, 0.25) is 10.0 Å². The monoisotopic (exact) mass is 359 g/mol. The molecule has 7 heteroatoms. The maximum absolute atomic E-state index is 11.8. The smallest absolute Gasteiger partial charge is 0.233 e. The van der Waals surface area contributed by atoms with Crippen molar-refractivity contribution in [3.8, 4) is 0 Å². The van der Waals surface area contributed by atoms with Crippen LogP contribution in [0.2, 0.25) is 5.02 Å². The van der Waals surface area contributed by atoms with Gasteiger partial charge in [0.05, 0.1) is 20.9 Å². The molecule has 0 radical (unpaired) electrons. The van der Waals surface area contributed by atoms with E-state index in [-0.39, 0.29) is 11.7 Å². The summed E-state index contributed by atoms with van der Waals surface area (Å²) in [4.78, 5) is 0. The number of alkyl halides is 1. The van der Waals surface area contributed by atoms with Crippen LogP contribution in [0.5, 0.6) is 0 Å². The summed E-state index contributed by atoms with van der Waals surface area (Å²) < 4.78 is 26.6. The molecular weight excluding hydrogens is 349 g/mol. The Bertz CT molecular complexity index is 493. The minimum atomic E-state index is -3.41. The molecule has 0 bridgehead atoms. The Kier molecular flexibility index (Phi) is 5.57. The molecule has 96 valence electrons. The molecule has 0 aliphatic rings. The Morgan fingerprint density at radius 3 is 2.71 bits per heavy atom. The van der Waals surface area contributed by atoms with Gasteiger partial charge in [0.1, 0.15) is 0 Å². The highest BCUT2D eigenvalue weighted by atomic mass is 79.9. The van der Waals surface area contributed by atoms with Gasteiger partial charge in [0.25, 0.3) is 0 Å². The largest absolute Gasteiger partial charge is 0.282 e. The molecule has 17 heavy (non-hydrogen) atoms. The van der Waals surface area contributed by atoms with E-state index in [4.69, 9.17) is 23.2 Å². The van der Waals surface area contributed by atoms with Gasteiger partial charge < -0.3 is 0 Å². The van der Waals surface area contributed by atoms with Gasteiger partial charge in [-0.25, -0.2) is 8.42 Å². The Labute approximate surface area is 120 Å². The highest BCUT2D eigenvalue weighted by Gasteiger charge is 2.16. The quantitative estimate of drug-likeness (QED) is 0.813. The summed E-state index contributed by atoms with van der Waals surface area (Å²) >= 11 is 14.7. The first-order valence-corrected chi connectivity index (χ1v) is 8.22. The van der Waals surface area contributed by atoms with Crippen molar-refractivity contribution in [2.45, 2.75) is 6.92 Å². The average molecular weight is 361 g/mol. The van der Waals surface area contributed by atoms with E-state index in [1.165, 1.54) is 0 Å². The lowest BCUT2D eigenvalue weighted by Crippen LogP contribution is -2.22. The number of halogens is 3. The van der Waals surface area contributed by atoms with Crippen molar-refractivity contribution in [1.82, 2.24) is 0 Å². The summed E-state index contributed by atoms with van der Waals surface area (Å²) in [5.41, 5.74) is 0.430. The lowest BCUT2D eigenvalue weighted by atomic mass is 10.3. The van der Waals surface area contributed by atoms with Crippen LogP contribution in [0.1, 0.15) is 6.92 Å². The number of sulfonamides is 1. The maximum Gasteiger partial charge on any atom is 0.233 e. The van der Waals surface area contributed by atoms with Gasteiger partial charge in [-0.1, -0.05) is 24.6 Å². The molecule has 0 aliphatic carbocycles. The number of hydrogen-bond acceptors (Lipinski definition) is 2. The Hall–Kier alpha value is 0.0300. The zero-order valence-corrected chi connectivity index (χ0v) is 13.0. The van der Waals surface area contributed by atoms with Gasteiger partial charge in [-0.05, 0) is 34.0 Å². The highest BCUT2D eigenvalue weighted by Crippen LogP contribution is 2.30. The Balaban J connectivity index is 2.87. The molecule has 1 atom stereocenters. The van der Waals surface area contributed by atoms with Gasteiger partial charge in [0.15, 0.2) is 0 Å². The molecule has 1 unspecified atom stereocenters. The zero-order chi connectivity index (χ0) is 13.1. The van der Waals surface area contributed by atoms with E-state index < -0.39 is 10.0 Å². The fraction of sp³-hybridized carbons (Fsp3) is 0.400. The second-order valence-electron chi connectivity index (χ2n) is 3.74. The molecule has 0 saturated heterocycles. The maximum atomic E-state index is 11.8. The van der Waals surface area contributed by atoms with Crippen LogP contribution < -0.4 is 4.72 Å². The van der Waals surface area contributed by atoms with E-state index in [0.29, 0.717) is 21.1 Å². The van der Waals surface area contributed by atoms with Crippen LogP contribution in [-0.2, 0) is 10.0 Å². The van der Waals surface area contributed by atoms with Gasteiger partial charge in [-0.3, -0.25) is 4.72 Å². The van der Waals surface area contributed by atoms with Crippen LogP contribution in [0.25, 0.3) is 0 Å². The predicted molar refractivity (Wildman–Crippen MR) is 76.4 cm³/mol. The summed E-state index contributed by atoms with van der Waals surface area (Å²) in [7, 11) is -3.41. The summed E-state index contributed by atoms with van der Waals surface area (Å²) in [6, 6.07) is 4.99. The molecular formula is C10H12BrCl2NO2S. The fourth-order valence-corrected chi connectivity index (χ4v) is 3.57. The molecule has 0 fully saturated rings. The minimum Gasteiger partial charge on any atom is -0.282 e. The van der Waals surface area contributed by atoms with Crippen molar-refractivity contribution < 1.29 is 8.42 Å². The summed E-state index contributed by atoms with van der Waals surface area (Å²) in [5, 5.41) is 0.454.